The largest absolute Gasteiger partial charge is 0.488 e. The second-order valence-electron chi connectivity index (χ2n) is 4.07. The van der Waals surface area contributed by atoms with E-state index in [1.807, 2.05) is 30.3 Å². The first kappa shape index (κ1) is 12.4. The molecule has 2 aromatic carbocycles. The Bertz CT molecular complexity index is 532. The van der Waals surface area contributed by atoms with Crippen molar-refractivity contribution < 1.29 is 9.53 Å². The van der Waals surface area contributed by atoms with Crippen molar-refractivity contribution in [2.75, 3.05) is 0 Å². The average molecular weight is 240 g/mol. The molecule has 0 saturated heterocycles. The van der Waals surface area contributed by atoms with E-state index in [-0.39, 0.29) is 0 Å². The van der Waals surface area contributed by atoms with E-state index in [1.165, 1.54) is 11.1 Å². The van der Waals surface area contributed by atoms with Crippen LogP contribution in [-0.4, -0.2) is 6.29 Å². The lowest BCUT2D eigenvalue weighted by Gasteiger charge is -2.11. The van der Waals surface area contributed by atoms with Crippen LogP contribution < -0.4 is 4.74 Å². The van der Waals surface area contributed by atoms with E-state index >= 15 is 0 Å². The molecule has 0 saturated carbocycles. The first-order valence-electron chi connectivity index (χ1n) is 6.09. The van der Waals surface area contributed by atoms with Crippen LogP contribution in [0.5, 0.6) is 5.75 Å². The van der Waals surface area contributed by atoms with Crippen molar-refractivity contribution in [2.45, 2.75) is 20.0 Å². The zero-order chi connectivity index (χ0) is 12.8. The standard InChI is InChI=1S/C16H16O2/c1-2-13-7-3-4-9-15(13)12-18-16-10-6-5-8-14(16)11-17/h3-11H,2,12H2,1H3. The normalized spacial score (nSPS) is 10.1. The van der Waals surface area contributed by atoms with Crippen molar-refractivity contribution in [3.05, 3.63) is 65.2 Å². The molecule has 2 aromatic rings. The number of benzene rings is 2. The number of ether oxygens (including phenoxy) is 1. The third-order valence-corrected chi connectivity index (χ3v) is 2.93. The Morgan fingerprint density at radius 1 is 1.00 bits per heavy atom. The molecule has 0 aliphatic heterocycles. The molecule has 0 radical (unpaired) electrons. The van der Waals surface area contributed by atoms with Crippen LogP contribution in [0.25, 0.3) is 0 Å². The molecule has 0 aliphatic carbocycles. The Labute approximate surface area is 107 Å². The zero-order valence-electron chi connectivity index (χ0n) is 10.4. The molecule has 0 heterocycles. The SMILES string of the molecule is CCc1ccccc1COc1ccccc1C=O. The molecule has 0 atom stereocenters. The van der Waals surface area contributed by atoms with Crippen molar-refractivity contribution in [3.8, 4) is 5.75 Å². The molecule has 0 spiro atoms. The van der Waals surface area contributed by atoms with Gasteiger partial charge in [0, 0.05) is 0 Å². The number of rotatable bonds is 5. The van der Waals surface area contributed by atoms with E-state index in [0.29, 0.717) is 17.9 Å². The van der Waals surface area contributed by atoms with E-state index in [0.717, 1.165) is 12.7 Å². The third-order valence-electron chi connectivity index (χ3n) is 2.93. The van der Waals surface area contributed by atoms with Gasteiger partial charge >= 0.3 is 0 Å². The number of hydrogen-bond acceptors (Lipinski definition) is 2. The van der Waals surface area contributed by atoms with E-state index in [2.05, 4.69) is 19.1 Å². The summed E-state index contributed by atoms with van der Waals surface area (Å²) in [5.74, 6) is 0.637. The minimum absolute atomic E-state index is 0.495. The summed E-state index contributed by atoms with van der Waals surface area (Å²) in [6.07, 6.45) is 1.80. The first-order valence-corrected chi connectivity index (χ1v) is 6.09. The molecule has 92 valence electrons. The van der Waals surface area contributed by atoms with Crippen molar-refractivity contribution in [1.82, 2.24) is 0 Å². The van der Waals surface area contributed by atoms with E-state index in [1.54, 1.807) is 6.07 Å². The molecular weight excluding hydrogens is 224 g/mol. The fourth-order valence-corrected chi connectivity index (χ4v) is 1.91. The number of hydrogen-bond donors (Lipinski definition) is 0. The lowest BCUT2D eigenvalue weighted by Crippen LogP contribution is -2.01. The topological polar surface area (TPSA) is 26.3 Å². The molecule has 0 amide bonds. The summed E-state index contributed by atoms with van der Waals surface area (Å²) in [4.78, 5) is 10.9. The number of carbonyl (C=O) groups is 1. The molecule has 0 aliphatic rings. The lowest BCUT2D eigenvalue weighted by molar-refractivity contribution is 0.111. The van der Waals surface area contributed by atoms with Crippen LogP contribution in [0.1, 0.15) is 28.4 Å². The van der Waals surface area contributed by atoms with E-state index in [4.69, 9.17) is 4.74 Å². The van der Waals surface area contributed by atoms with Crippen molar-refractivity contribution >= 4 is 6.29 Å². The summed E-state index contributed by atoms with van der Waals surface area (Å²) >= 11 is 0. The van der Waals surface area contributed by atoms with Crippen molar-refractivity contribution in [3.63, 3.8) is 0 Å². The van der Waals surface area contributed by atoms with Crippen LogP contribution in [0, 0.1) is 0 Å². The van der Waals surface area contributed by atoms with Crippen LogP contribution in [0.4, 0.5) is 0 Å². The van der Waals surface area contributed by atoms with Crippen LogP contribution in [0.3, 0.4) is 0 Å². The first-order chi connectivity index (χ1) is 8.85. The molecular formula is C16H16O2. The van der Waals surface area contributed by atoms with Gasteiger partial charge in [-0.3, -0.25) is 4.79 Å². The number of aldehydes is 1. The Morgan fingerprint density at radius 3 is 2.39 bits per heavy atom. The Morgan fingerprint density at radius 2 is 1.67 bits per heavy atom. The predicted molar refractivity (Wildman–Crippen MR) is 72.0 cm³/mol. The molecule has 0 bridgehead atoms. The summed E-state index contributed by atoms with van der Waals surface area (Å²) in [6, 6.07) is 15.5. The molecule has 0 N–H and O–H groups in total. The van der Waals surface area contributed by atoms with Crippen LogP contribution in [-0.2, 0) is 13.0 Å². The highest BCUT2D eigenvalue weighted by Crippen LogP contribution is 2.18. The minimum atomic E-state index is 0.495. The van der Waals surface area contributed by atoms with Gasteiger partial charge in [0.15, 0.2) is 6.29 Å². The minimum Gasteiger partial charge on any atom is -0.488 e. The highest BCUT2D eigenvalue weighted by atomic mass is 16.5. The predicted octanol–water partition coefficient (Wildman–Crippen LogP) is 3.64. The maximum Gasteiger partial charge on any atom is 0.153 e. The fraction of sp³-hybridized carbons (Fsp3) is 0.188. The number of carbonyl (C=O) groups excluding carboxylic acids is 1. The third kappa shape index (κ3) is 2.77. The van der Waals surface area contributed by atoms with Crippen LogP contribution in [0.15, 0.2) is 48.5 Å². The van der Waals surface area contributed by atoms with Crippen molar-refractivity contribution in [2.24, 2.45) is 0 Å². The van der Waals surface area contributed by atoms with Crippen LogP contribution in [0.2, 0.25) is 0 Å². The van der Waals surface area contributed by atoms with Gasteiger partial charge in [-0.1, -0.05) is 43.3 Å². The van der Waals surface area contributed by atoms with Gasteiger partial charge in [0.25, 0.3) is 0 Å². The molecule has 2 heteroatoms. The highest BCUT2D eigenvalue weighted by molar-refractivity contribution is 5.79. The molecule has 0 unspecified atom stereocenters. The molecule has 0 fully saturated rings. The summed E-state index contributed by atoms with van der Waals surface area (Å²) in [5, 5.41) is 0. The smallest absolute Gasteiger partial charge is 0.153 e. The van der Waals surface area contributed by atoms with Gasteiger partial charge in [-0.25, -0.2) is 0 Å². The molecule has 2 nitrogen and oxygen atoms in total. The van der Waals surface area contributed by atoms with Gasteiger partial charge in [-0.15, -0.1) is 0 Å². The second-order valence-corrected chi connectivity index (χ2v) is 4.07. The summed E-state index contributed by atoms with van der Waals surface area (Å²) in [6.45, 7) is 2.62. The van der Waals surface area contributed by atoms with Gasteiger partial charge in [-0.2, -0.15) is 0 Å². The highest BCUT2D eigenvalue weighted by Gasteiger charge is 2.04. The van der Waals surface area contributed by atoms with Crippen LogP contribution >= 0.6 is 0 Å². The Hall–Kier alpha value is -2.09. The maximum absolute atomic E-state index is 10.9. The quantitative estimate of drug-likeness (QED) is 0.746. The average Bonchev–Trinajstić information content (AvgIpc) is 2.45. The summed E-state index contributed by atoms with van der Waals surface area (Å²) in [7, 11) is 0. The number of para-hydroxylation sites is 1. The summed E-state index contributed by atoms with van der Waals surface area (Å²) in [5.41, 5.74) is 3.04. The zero-order valence-corrected chi connectivity index (χ0v) is 10.4. The molecule has 18 heavy (non-hydrogen) atoms. The van der Waals surface area contributed by atoms with E-state index < -0.39 is 0 Å². The number of aryl methyl sites for hydroxylation is 1. The maximum atomic E-state index is 10.9. The van der Waals surface area contributed by atoms with Gasteiger partial charge < -0.3 is 4.74 Å². The molecule has 2 rings (SSSR count). The second kappa shape index (κ2) is 6.01. The monoisotopic (exact) mass is 240 g/mol. The Balaban J connectivity index is 2.14. The fourth-order valence-electron chi connectivity index (χ4n) is 1.91. The van der Waals surface area contributed by atoms with Gasteiger partial charge in [0.1, 0.15) is 12.4 Å². The van der Waals surface area contributed by atoms with Gasteiger partial charge in [-0.05, 0) is 29.7 Å². The molecule has 0 aromatic heterocycles. The lowest BCUT2D eigenvalue weighted by atomic mass is 10.1. The van der Waals surface area contributed by atoms with Gasteiger partial charge in [0.05, 0.1) is 5.56 Å². The summed E-state index contributed by atoms with van der Waals surface area (Å²) < 4.78 is 5.73. The van der Waals surface area contributed by atoms with E-state index in [9.17, 15) is 4.79 Å². The Kier molecular flexibility index (Phi) is 4.13. The van der Waals surface area contributed by atoms with Gasteiger partial charge in [0.2, 0.25) is 0 Å². The van der Waals surface area contributed by atoms with Crippen molar-refractivity contribution in [1.29, 1.82) is 0 Å².